The highest BCUT2D eigenvalue weighted by Gasteiger charge is 2.18. The van der Waals surface area contributed by atoms with Crippen molar-refractivity contribution in [1.29, 1.82) is 0 Å². The van der Waals surface area contributed by atoms with Gasteiger partial charge in [-0.3, -0.25) is 0 Å². The fourth-order valence-corrected chi connectivity index (χ4v) is 3.39. The predicted octanol–water partition coefficient (Wildman–Crippen LogP) is 5.02. The maximum atomic E-state index is 12.5. The second-order valence-electron chi connectivity index (χ2n) is 7.12. The molecule has 0 unspecified atom stereocenters. The van der Waals surface area contributed by atoms with Gasteiger partial charge in [-0.2, -0.15) is 0 Å². The summed E-state index contributed by atoms with van der Waals surface area (Å²) in [5.41, 5.74) is 10.7. The van der Waals surface area contributed by atoms with Crippen LogP contribution in [0.5, 0.6) is 5.75 Å². The van der Waals surface area contributed by atoms with Crippen LogP contribution in [0.25, 0.3) is 5.70 Å². The Hall–Kier alpha value is -4.15. The number of carbonyl (C=O) groups excluding carboxylic acids is 1. The van der Waals surface area contributed by atoms with Crippen molar-refractivity contribution in [2.75, 3.05) is 0 Å². The lowest BCUT2D eigenvalue weighted by Crippen LogP contribution is -2.96. The van der Waals surface area contributed by atoms with Crippen LogP contribution in [0, 0.1) is 0 Å². The highest BCUT2D eigenvalue weighted by molar-refractivity contribution is 5.91. The van der Waals surface area contributed by atoms with E-state index in [-0.39, 0.29) is 0 Å². The van der Waals surface area contributed by atoms with E-state index in [1.165, 1.54) is 0 Å². The van der Waals surface area contributed by atoms with E-state index in [0.29, 0.717) is 17.0 Å². The van der Waals surface area contributed by atoms with Crippen LogP contribution in [0.4, 0.5) is 17.1 Å². The average molecular weight is 407 g/mol. The summed E-state index contributed by atoms with van der Waals surface area (Å²) in [4.78, 5) is 13.6. The lowest BCUT2D eigenvalue weighted by Gasteiger charge is -2.18. The zero-order valence-electron chi connectivity index (χ0n) is 17.0. The molecule has 4 heteroatoms. The van der Waals surface area contributed by atoms with E-state index in [0.717, 1.165) is 27.5 Å². The minimum absolute atomic E-state index is 0.419. The number of para-hydroxylation sites is 2. The van der Waals surface area contributed by atoms with E-state index in [9.17, 15) is 4.79 Å². The molecular weight excluding hydrogens is 384 g/mol. The molecule has 0 heterocycles. The van der Waals surface area contributed by atoms with Crippen molar-refractivity contribution in [3.8, 4) is 5.75 Å². The van der Waals surface area contributed by atoms with E-state index >= 15 is 0 Å². The van der Waals surface area contributed by atoms with Crippen LogP contribution >= 0.6 is 0 Å². The van der Waals surface area contributed by atoms with E-state index in [4.69, 9.17) is 10.5 Å². The van der Waals surface area contributed by atoms with Gasteiger partial charge in [0.15, 0.2) is 0 Å². The zero-order chi connectivity index (χ0) is 21.6. The first-order valence-electron chi connectivity index (χ1n) is 9.97. The molecule has 4 aromatic rings. The highest BCUT2D eigenvalue weighted by Crippen LogP contribution is 2.20. The summed E-state index contributed by atoms with van der Waals surface area (Å²) in [5.74, 6) is 0.0683. The lowest BCUT2D eigenvalue weighted by molar-refractivity contribution is -0.681. The number of rotatable bonds is 6. The van der Waals surface area contributed by atoms with Crippen LogP contribution in [0.2, 0.25) is 0 Å². The quantitative estimate of drug-likeness (QED) is 0.349. The summed E-state index contributed by atoms with van der Waals surface area (Å²) in [6, 6.07) is 34.9. The summed E-state index contributed by atoms with van der Waals surface area (Å²) < 4.78 is 5.55. The first-order chi connectivity index (χ1) is 15.1. The molecule has 0 aliphatic carbocycles. The molecule has 0 spiro atoms. The van der Waals surface area contributed by atoms with Crippen LogP contribution in [0.15, 0.2) is 116 Å². The number of benzene rings is 4. The molecule has 152 valence electrons. The van der Waals surface area contributed by atoms with Gasteiger partial charge in [-0.1, -0.05) is 55.1 Å². The van der Waals surface area contributed by atoms with Gasteiger partial charge in [0.05, 0.1) is 5.56 Å². The number of nitrogens with one attached hydrogen (secondary N) is 1. The molecule has 3 N–H and O–H groups in total. The Morgan fingerprint density at radius 2 is 1.10 bits per heavy atom. The molecule has 0 amide bonds. The standard InChI is InChI=1S/C27H22N2O2/c1-20(28)21-12-14-22(15-13-21)27(30)31-26-18-16-25(17-19-26)29(23-8-4-2-5-9-23)24-10-6-3-7-11-24/h2-19H,1,28H2/p+1. The van der Waals surface area contributed by atoms with Gasteiger partial charge in [0.2, 0.25) is 0 Å². The van der Waals surface area contributed by atoms with Crippen molar-refractivity contribution in [2.45, 2.75) is 0 Å². The predicted molar refractivity (Wildman–Crippen MR) is 124 cm³/mol. The van der Waals surface area contributed by atoms with Gasteiger partial charge in [-0.05, 0) is 54.1 Å². The molecule has 31 heavy (non-hydrogen) atoms. The molecular formula is C27H23N2O2+. The largest absolute Gasteiger partial charge is 0.423 e. The fourth-order valence-electron chi connectivity index (χ4n) is 3.39. The van der Waals surface area contributed by atoms with E-state index in [2.05, 4.69) is 30.8 Å². The van der Waals surface area contributed by atoms with Crippen molar-refractivity contribution in [1.82, 2.24) is 0 Å². The van der Waals surface area contributed by atoms with Crippen molar-refractivity contribution in [2.24, 2.45) is 5.73 Å². The van der Waals surface area contributed by atoms with E-state index in [1.807, 2.05) is 60.7 Å². The van der Waals surface area contributed by atoms with E-state index in [1.54, 1.807) is 24.3 Å². The summed E-state index contributed by atoms with van der Waals surface area (Å²) in [6.45, 7) is 3.69. The molecule has 4 rings (SSSR count). The molecule has 0 atom stereocenters. The first kappa shape index (κ1) is 20.1. The molecule has 0 radical (unpaired) electrons. The molecule has 0 bridgehead atoms. The van der Waals surface area contributed by atoms with Crippen LogP contribution < -0.4 is 15.4 Å². The van der Waals surface area contributed by atoms with Crippen molar-refractivity contribution >= 4 is 28.7 Å². The van der Waals surface area contributed by atoms with Crippen LogP contribution in [-0.2, 0) is 0 Å². The number of nitrogens with two attached hydrogens (primary N) is 1. The fraction of sp³-hybridized carbons (Fsp3) is 0. The number of esters is 1. The molecule has 4 aromatic carbocycles. The average Bonchev–Trinajstić information content (AvgIpc) is 2.82. The van der Waals surface area contributed by atoms with Gasteiger partial charge < -0.3 is 10.5 Å². The van der Waals surface area contributed by atoms with E-state index < -0.39 is 5.97 Å². The molecule has 0 aliphatic heterocycles. The third-order valence-corrected chi connectivity index (χ3v) is 4.97. The molecule has 4 nitrogen and oxygen atoms in total. The van der Waals surface area contributed by atoms with Gasteiger partial charge >= 0.3 is 5.97 Å². The second-order valence-corrected chi connectivity index (χ2v) is 7.12. The SMILES string of the molecule is C=C(N)c1ccc(C(=O)Oc2ccc([NH+](c3ccccc3)c3ccccc3)cc2)cc1. The highest BCUT2D eigenvalue weighted by atomic mass is 16.5. The van der Waals surface area contributed by atoms with Crippen LogP contribution in [0.3, 0.4) is 0 Å². The summed E-state index contributed by atoms with van der Waals surface area (Å²) >= 11 is 0. The first-order valence-corrected chi connectivity index (χ1v) is 9.97. The molecule has 0 fully saturated rings. The van der Waals surface area contributed by atoms with Gasteiger partial charge in [-0.15, -0.1) is 0 Å². The summed E-state index contributed by atoms with van der Waals surface area (Å²) in [7, 11) is 0. The van der Waals surface area contributed by atoms with Gasteiger partial charge in [0.25, 0.3) is 0 Å². The topological polar surface area (TPSA) is 56.8 Å². The third kappa shape index (κ3) is 4.71. The van der Waals surface area contributed by atoms with Crippen molar-refractivity contribution in [3.05, 3.63) is 127 Å². The van der Waals surface area contributed by atoms with Gasteiger partial charge in [0, 0.05) is 17.8 Å². The zero-order valence-corrected chi connectivity index (χ0v) is 17.0. The second kappa shape index (κ2) is 9.11. The smallest absolute Gasteiger partial charge is 0.343 e. The van der Waals surface area contributed by atoms with Crippen molar-refractivity contribution in [3.63, 3.8) is 0 Å². The van der Waals surface area contributed by atoms with Crippen molar-refractivity contribution < 1.29 is 14.4 Å². The molecule has 0 saturated heterocycles. The third-order valence-electron chi connectivity index (χ3n) is 4.97. The van der Waals surface area contributed by atoms with Crippen LogP contribution in [-0.4, -0.2) is 5.97 Å². The minimum atomic E-state index is -0.419. The van der Waals surface area contributed by atoms with Gasteiger partial charge in [-0.25, -0.2) is 9.69 Å². The Labute approximate surface area is 181 Å². The minimum Gasteiger partial charge on any atom is -0.423 e. The number of hydrogen-bond acceptors (Lipinski definition) is 3. The maximum Gasteiger partial charge on any atom is 0.343 e. The Morgan fingerprint density at radius 3 is 1.58 bits per heavy atom. The number of ether oxygens (including phenoxy) is 1. The molecule has 0 aliphatic rings. The van der Waals surface area contributed by atoms with Gasteiger partial charge in [0.1, 0.15) is 22.8 Å². The summed E-state index contributed by atoms with van der Waals surface area (Å²) in [5, 5.41) is 0. The maximum absolute atomic E-state index is 12.5. The molecule has 0 saturated carbocycles. The normalized spacial score (nSPS) is 10.6. The Morgan fingerprint density at radius 1 is 0.645 bits per heavy atom. The molecule has 0 aromatic heterocycles. The summed E-state index contributed by atoms with van der Waals surface area (Å²) in [6.07, 6.45) is 0. The Bertz CT molecular complexity index is 1130. The number of hydrogen-bond donors (Lipinski definition) is 2. The Kier molecular flexibility index (Phi) is 5.92. The lowest BCUT2D eigenvalue weighted by atomic mass is 10.1. The van der Waals surface area contributed by atoms with Crippen LogP contribution in [0.1, 0.15) is 15.9 Å². The number of carbonyl (C=O) groups is 1. The Balaban J connectivity index is 1.56. The monoisotopic (exact) mass is 407 g/mol. The number of quaternary nitrogens is 1.